The Kier molecular flexibility index (Phi) is 6.53. The fourth-order valence-corrected chi connectivity index (χ4v) is 4.84. The maximum absolute atomic E-state index is 13.2. The highest BCUT2D eigenvalue weighted by Gasteiger charge is 2.54. The Hall–Kier alpha value is -2.79. The molecule has 0 radical (unpaired) electrons. The molecule has 4 rings (SSSR count). The van der Waals surface area contributed by atoms with Crippen molar-refractivity contribution in [1.82, 2.24) is 19.5 Å². The Bertz CT molecular complexity index is 1120. The second kappa shape index (κ2) is 8.95. The van der Waals surface area contributed by atoms with Crippen LogP contribution in [0, 0.1) is 5.92 Å². The number of imidazole rings is 1. The molecule has 2 aromatic heterocycles. The summed E-state index contributed by atoms with van der Waals surface area (Å²) in [6.07, 6.45) is 2.71. The standard InChI is InChI=1S/C25H37N5O6/c1-10-14-11-15(18-17(14)33-25(8,9)34-18)29-13-28-16-19(29)26-12-27-20(16)30(21(31)35-23(2,3)4)22(32)36-24(5,6)7/h12-15,17-18H,10-11H2,1-9H3/t14-,15+,17+,18-/m0/s1. The molecule has 0 unspecified atom stereocenters. The van der Waals surface area contributed by atoms with Gasteiger partial charge in [-0.2, -0.15) is 4.90 Å². The first-order chi connectivity index (χ1) is 16.6. The number of aromatic nitrogens is 4. The summed E-state index contributed by atoms with van der Waals surface area (Å²) in [5.41, 5.74) is -0.928. The Labute approximate surface area is 211 Å². The third-order valence-corrected chi connectivity index (χ3v) is 6.14. The topological polar surface area (TPSA) is 118 Å². The van der Waals surface area contributed by atoms with Gasteiger partial charge in [0.15, 0.2) is 22.8 Å². The van der Waals surface area contributed by atoms with Crippen molar-refractivity contribution in [2.24, 2.45) is 5.92 Å². The fraction of sp³-hybridized carbons (Fsp3) is 0.720. The van der Waals surface area contributed by atoms with E-state index in [2.05, 4.69) is 21.9 Å². The van der Waals surface area contributed by atoms with E-state index < -0.39 is 29.2 Å². The average molecular weight is 504 g/mol. The van der Waals surface area contributed by atoms with Crippen LogP contribution < -0.4 is 4.90 Å². The Morgan fingerprint density at radius 2 is 1.61 bits per heavy atom. The molecule has 3 heterocycles. The van der Waals surface area contributed by atoms with Crippen molar-refractivity contribution in [3.05, 3.63) is 12.7 Å². The summed E-state index contributed by atoms with van der Waals surface area (Å²) in [5.74, 6) is -0.365. The number of rotatable bonds is 3. The molecule has 11 nitrogen and oxygen atoms in total. The van der Waals surface area contributed by atoms with E-state index in [0.29, 0.717) is 11.6 Å². The van der Waals surface area contributed by atoms with Crippen LogP contribution >= 0.6 is 0 Å². The van der Waals surface area contributed by atoms with Gasteiger partial charge in [0.2, 0.25) is 0 Å². The largest absolute Gasteiger partial charge is 0.443 e. The molecule has 36 heavy (non-hydrogen) atoms. The molecule has 2 amide bonds. The molecule has 1 aliphatic carbocycles. The Balaban J connectivity index is 1.76. The highest BCUT2D eigenvalue weighted by molar-refractivity contribution is 6.12. The number of carbonyl (C=O) groups is 2. The first-order valence-electron chi connectivity index (χ1n) is 12.4. The molecule has 2 aliphatic rings. The number of ether oxygens (including phenoxy) is 4. The molecule has 1 saturated heterocycles. The minimum atomic E-state index is -0.910. The summed E-state index contributed by atoms with van der Waals surface area (Å²) in [6.45, 7) is 16.3. The SMILES string of the molecule is CC[C@H]1C[C@@H](n2cnc3c(N(C(=O)OC(C)(C)C)C(=O)OC(C)(C)C)ncnc32)[C@@H]2OC(C)(C)O[C@H]12. The monoisotopic (exact) mass is 503 g/mol. The molecule has 0 N–H and O–H groups in total. The van der Waals surface area contributed by atoms with Gasteiger partial charge >= 0.3 is 12.2 Å². The third-order valence-electron chi connectivity index (χ3n) is 6.14. The smallest absolute Gasteiger partial charge is 0.425 e. The maximum atomic E-state index is 13.2. The fourth-order valence-electron chi connectivity index (χ4n) is 4.84. The summed E-state index contributed by atoms with van der Waals surface area (Å²) < 4.78 is 25.4. The third kappa shape index (κ3) is 5.17. The lowest BCUT2D eigenvalue weighted by atomic mass is 10.0. The lowest BCUT2D eigenvalue weighted by Crippen LogP contribution is -2.44. The van der Waals surface area contributed by atoms with Gasteiger partial charge in [0, 0.05) is 0 Å². The van der Waals surface area contributed by atoms with E-state index in [4.69, 9.17) is 18.9 Å². The van der Waals surface area contributed by atoms with Crippen LogP contribution in [-0.4, -0.2) is 60.9 Å². The van der Waals surface area contributed by atoms with Gasteiger partial charge in [0.05, 0.1) is 18.5 Å². The molecule has 0 spiro atoms. The number of carbonyl (C=O) groups excluding carboxylic acids is 2. The highest BCUT2D eigenvalue weighted by atomic mass is 16.8. The molecule has 4 atom stereocenters. The van der Waals surface area contributed by atoms with Gasteiger partial charge in [0.1, 0.15) is 23.6 Å². The predicted molar refractivity (Wildman–Crippen MR) is 132 cm³/mol. The summed E-state index contributed by atoms with van der Waals surface area (Å²) >= 11 is 0. The van der Waals surface area contributed by atoms with Crippen molar-refractivity contribution in [3.8, 4) is 0 Å². The van der Waals surface area contributed by atoms with Gasteiger partial charge in [-0.1, -0.05) is 13.3 Å². The molecule has 2 fully saturated rings. The summed E-state index contributed by atoms with van der Waals surface area (Å²) in [6, 6.07) is -0.0778. The highest BCUT2D eigenvalue weighted by Crippen LogP contribution is 2.48. The lowest BCUT2D eigenvalue weighted by molar-refractivity contribution is -0.160. The number of amides is 2. The minimum Gasteiger partial charge on any atom is -0.443 e. The zero-order valence-electron chi connectivity index (χ0n) is 22.6. The number of imide groups is 1. The van der Waals surface area contributed by atoms with Crippen LogP contribution in [0.25, 0.3) is 11.2 Å². The van der Waals surface area contributed by atoms with E-state index >= 15 is 0 Å². The molecule has 1 saturated carbocycles. The number of nitrogens with zero attached hydrogens (tertiary/aromatic N) is 5. The van der Waals surface area contributed by atoms with Crippen LogP contribution in [0.1, 0.15) is 81.2 Å². The van der Waals surface area contributed by atoms with E-state index in [0.717, 1.165) is 17.7 Å². The second-order valence-corrected chi connectivity index (χ2v) is 11.9. The Morgan fingerprint density at radius 3 is 2.17 bits per heavy atom. The van der Waals surface area contributed by atoms with Gasteiger partial charge in [-0.25, -0.2) is 24.5 Å². The van der Waals surface area contributed by atoms with Crippen molar-refractivity contribution in [1.29, 1.82) is 0 Å². The van der Waals surface area contributed by atoms with Crippen LogP contribution in [0.5, 0.6) is 0 Å². The summed E-state index contributed by atoms with van der Waals surface area (Å²) in [7, 11) is 0. The van der Waals surface area contributed by atoms with Gasteiger partial charge in [-0.15, -0.1) is 0 Å². The van der Waals surface area contributed by atoms with Crippen LogP contribution in [0.3, 0.4) is 0 Å². The van der Waals surface area contributed by atoms with Gasteiger partial charge in [0.25, 0.3) is 0 Å². The molecule has 0 bridgehead atoms. The lowest BCUT2D eigenvalue weighted by Gasteiger charge is -2.28. The molecule has 0 aromatic carbocycles. The molecular weight excluding hydrogens is 466 g/mol. The normalized spacial score (nSPS) is 25.6. The van der Waals surface area contributed by atoms with E-state index in [1.807, 2.05) is 18.4 Å². The first kappa shape index (κ1) is 26.3. The molecule has 198 valence electrons. The number of hydrogen-bond donors (Lipinski definition) is 0. The number of anilines is 1. The van der Waals surface area contributed by atoms with Gasteiger partial charge < -0.3 is 23.5 Å². The van der Waals surface area contributed by atoms with Crippen LogP contribution in [0.4, 0.5) is 15.4 Å². The van der Waals surface area contributed by atoms with Gasteiger partial charge in [-0.05, 0) is 67.7 Å². The summed E-state index contributed by atoms with van der Waals surface area (Å²) in [4.78, 5) is 40.4. The quantitative estimate of drug-likeness (QED) is 0.570. The second-order valence-electron chi connectivity index (χ2n) is 11.9. The van der Waals surface area contributed by atoms with Crippen LogP contribution in [0.2, 0.25) is 0 Å². The van der Waals surface area contributed by atoms with Crippen LogP contribution in [-0.2, 0) is 18.9 Å². The van der Waals surface area contributed by atoms with Crippen molar-refractivity contribution < 1.29 is 28.5 Å². The molecular formula is C25H37N5O6. The van der Waals surface area contributed by atoms with Gasteiger partial charge in [-0.3, -0.25) is 0 Å². The minimum absolute atomic E-state index is 0.00670. The van der Waals surface area contributed by atoms with Crippen molar-refractivity contribution in [2.75, 3.05) is 4.90 Å². The van der Waals surface area contributed by atoms with E-state index in [1.54, 1.807) is 47.9 Å². The van der Waals surface area contributed by atoms with E-state index in [-0.39, 0.29) is 29.6 Å². The number of hydrogen-bond acceptors (Lipinski definition) is 9. The number of fused-ring (bicyclic) bond motifs is 2. The predicted octanol–water partition coefficient (Wildman–Crippen LogP) is 4.99. The van der Waals surface area contributed by atoms with Crippen molar-refractivity contribution >= 4 is 29.2 Å². The zero-order chi connectivity index (χ0) is 26.6. The summed E-state index contributed by atoms with van der Waals surface area (Å²) in [5, 5.41) is 0. The molecule has 1 aliphatic heterocycles. The van der Waals surface area contributed by atoms with Crippen molar-refractivity contribution in [2.45, 2.75) is 110 Å². The first-order valence-corrected chi connectivity index (χ1v) is 12.4. The molecule has 2 aromatic rings. The molecule has 11 heteroatoms. The zero-order valence-corrected chi connectivity index (χ0v) is 22.6. The van der Waals surface area contributed by atoms with E-state index in [9.17, 15) is 9.59 Å². The van der Waals surface area contributed by atoms with Crippen molar-refractivity contribution in [3.63, 3.8) is 0 Å². The Morgan fingerprint density at radius 1 is 1.03 bits per heavy atom. The van der Waals surface area contributed by atoms with E-state index in [1.165, 1.54) is 6.33 Å². The average Bonchev–Trinajstić information content (AvgIpc) is 3.36. The van der Waals surface area contributed by atoms with Crippen LogP contribution in [0.15, 0.2) is 12.7 Å². The maximum Gasteiger partial charge on any atom is 0.425 e.